The summed E-state index contributed by atoms with van der Waals surface area (Å²) in [5, 5.41) is 3.13. The van der Waals surface area contributed by atoms with E-state index in [2.05, 4.69) is 5.32 Å². The minimum atomic E-state index is -2.48. The number of carbonyl (C=O) groups is 4. The van der Waals surface area contributed by atoms with Crippen molar-refractivity contribution >= 4 is 53.5 Å². The molecule has 3 saturated heterocycles. The topological polar surface area (TPSA) is 108 Å². The molecule has 0 aromatic heterocycles. The Hall–Kier alpha value is -2.14. The number of morpholine rings is 1. The van der Waals surface area contributed by atoms with Gasteiger partial charge in [-0.2, -0.15) is 0 Å². The van der Waals surface area contributed by atoms with E-state index in [0.717, 1.165) is 0 Å². The van der Waals surface area contributed by atoms with Crippen molar-refractivity contribution in [3.05, 3.63) is 33.8 Å². The van der Waals surface area contributed by atoms with Crippen molar-refractivity contribution in [1.29, 1.82) is 0 Å². The highest BCUT2D eigenvalue weighted by atomic mass is 35.5. The SMILES string of the molecule is CC(C)C[C@H](CC(=O)CNC(=O)c1cc(Cl)ccc1Cl)[B-]12OC(=O)[C@H]3COC[C@@H](C(=O)O1)[N+]32C. The van der Waals surface area contributed by atoms with Crippen LogP contribution in [0.15, 0.2) is 18.2 Å². The summed E-state index contributed by atoms with van der Waals surface area (Å²) in [7, 11) is 1.79. The molecular weight excluding hydrogens is 486 g/mol. The Bertz CT molecular complexity index is 1020. The molecule has 0 saturated carbocycles. The molecule has 3 heterocycles. The molecule has 0 bridgehead atoms. The van der Waals surface area contributed by atoms with E-state index in [1.165, 1.54) is 12.1 Å². The normalized spacial score (nSPS) is 30.5. The van der Waals surface area contributed by atoms with Gasteiger partial charge in [0.1, 0.15) is 19.0 Å². The molecule has 184 valence electrons. The van der Waals surface area contributed by atoms with Crippen LogP contribution in [0, 0.1) is 5.92 Å². The van der Waals surface area contributed by atoms with Crippen LogP contribution in [0.3, 0.4) is 0 Å². The number of nitrogens with one attached hydrogen (secondary N) is 1. The third-order valence-electron chi connectivity index (χ3n) is 7.26. The van der Waals surface area contributed by atoms with Gasteiger partial charge >= 0.3 is 18.6 Å². The molecule has 34 heavy (non-hydrogen) atoms. The van der Waals surface area contributed by atoms with Gasteiger partial charge in [-0.1, -0.05) is 43.5 Å². The van der Waals surface area contributed by atoms with Gasteiger partial charge in [0, 0.05) is 12.1 Å². The van der Waals surface area contributed by atoms with Gasteiger partial charge < -0.3 is 23.8 Å². The third kappa shape index (κ3) is 4.00. The van der Waals surface area contributed by atoms with E-state index < -0.39 is 42.4 Å². The first-order chi connectivity index (χ1) is 16.0. The van der Waals surface area contributed by atoms with Crippen LogP contribution in [-0.2, 0) is 28.4 Å². The van der Waals surface area contributed by atoms with Gasteiger partial charge in [0.25, 0.3) is 5.91 Å². The standard InChI is InChI=1S/C22H27BCl2N2O7/c1-12(2)6-13(7-15(28)9-26-20(29)16-8-14(24)4-5-17(16)25)23-27(3)18(21(30)33-23)10-32-11-19(27)22(31)34-23/h4-5,8,12-13,18-19H,6-7,9-11H2,1-3H3,(H,26,29)/t13-,18-,19+,23?,27?/m1/s1. The average molecular weight is 513 g/mol. The van der Waals surface area contributed by atoms with E-state index in [1.807, 2.05) is 13.8 Å². The Labute approximate surface area is 207 Å². The maximum absolute atomic E-state index is 13.0. The van der Waals surface area contributed by atoms with Crippen molar-refractivity contribution in [3.63, 3.8) is 0 Å². The molecule has 0 radical (unpaired) electrons. The van der Waals surface area contributed by atoms with E-state index >= 15 is 0 Å². The van der Waals surface area contributed by atoms with Gasteiger partial charge in [0.2, 0.25) is 0 Å². The summed E-state index contributed by atoms with van der Waals surface area (Å²) < 4.78 is 17.2. The van der Waals surface area contributed by atoms with E-state index in [4.69, 9.17) is 37.2 Å². The molecule has 2 unspecified atom stereocenters. The Morgan fingerprint density at radius 3 is 2.35 bits per heavy atom. The van der Waals surface area contributed by atoms with Gasteiger partial charge in [0.05, 0.1) is 17.1 Å². The summed E-state index contributed by atoms with van der Waals surface area (Å²) in [4.78, 5) is 51.1. The largest absolute Gasteiger partial charge is 0.600 e. The fourth-order valence-corrected chi connectivity index (χ4v) is 6.00. The van der Waals surface area contributed by atoms with Crippen LogP contribution in [-0.4, -0.2) is 73.6 Å². The monoisotopic (exact) mass is 512 g/mol. The molecular formula is C22H27BCl2N2O7. The first-order valence-electron chi connectivity index (χ1n) is 11.3. The molecule has 5 atom stereocenters. The van der Waals surface area contributed by atoms with Crippen molar-refractivity contribution < 1.29 is 37.6 Å². The van der Waals surface area contributed by atoms with E-state index in [-0.39, 0.29) is 52.9 Å². The lowest BCUT2D eigenvalue weighted by Gasteiger charge is -2.51. The molecule has 1 aromatic rings. The summed E-state index contributed by atoms with van der Waals surface area (Å²) in [6.45, 7) is 1.48. The zero-order valence-corrected chi connectivity index (χ0v) is 20.7. The lowest BCUT2D eigenvalue weighted by Crippen LogP contribution is -2.72. The number of Topliss-reactive ketones (excluding diaryl/α,β-unsaturated/α-hetero) is 1. The first kappa shape index (κ1) is 25.0. The van der Waals surface area contributed by atoms with E-state index in [9.17, 15) is 19.2 Å². The van der Waals surface area contributed by atoms with Gasteiger partial charge in [-0.15, -0.1) is 0 Å². The molecule has 12 heteroatoms. The highest BCUT2D eigenvalue weighted by Gasteiger charge is 2.77. The fraction of sp³-hybridized carbons (Fsp3) is 0.545. The number of quaternary nitrogens is 1. The molecule has 4 rings (SSSR count). The summed E-state index contributed by atoms with van der Waals surface area (Å²) in [6, 6.07) is 3.13. The lowest BCUT2D eigenvalue weighted by molar-refractivity contribution is -0.854. The number of ketones is 1. The Morgan fingerprint density at radius 2 is 1.76 bits per heavy atom. The second kappa shape index (κ2) is 9.15. The van der Waals surface area contributed by atoms with Gasteiger partial charge in [-0.25, -0.2) is 9.59 Å². The van der Waals surface area contributed by atoms with Gasteiger partial charge in [-0.05, 0) is 36.4 Å². The smallest absolute Gasteiger partial charge is 0.587 e. The number of amides is 1. The quantitative estimate of drug-likeness (QED) is 0.532. The van der Waals surface area contributed by atoms with Crippen molar-refractivity contribution in [2.45, 2.75) is 44.6 Å². The summed E-state index contributed by atoms with van der Waals surface area (Å²) in [6.07, 6.45) is 0.463. The molecule has 3 aliphatic heterocycles. The number of benzene rings is 1. The van der Waals surface area contributed by atoms with Crippen LogP contribution in [0.25, 0.3) is 0 Å². The minimum Gasteiger partial charge on any atom is -0.600 e. The van der Waals surface area contributed by atoms with Crippen LogP contribution in [0.4, 0.5) is 0 Å². The van der Waals surface area contributed by atoms with Crippen molar-refractivity contribution in [2.24, 2.45) is 5.92 Å². The number of rotatable bonds is 8. The Kier molecular flexibility index (Phi) is 6.72. The number of nitrogens with zero attached hydrogens (tertiary/aromatic N) is 1. The van der Waals surface area contributed by atoms with Crippen LogP contribution in [0.1, 0.15) is 37.0 Å². The Balaban J connectivity index is 1.54. The van der Waals surface area contributed by atoms with Crippen molar-refractivity contribution in [2.75, 3.05) is 26.8 Å². The summed E-state index contributed by atoms with van der Waals surface area (Å²) >= 11 is 12.0. The molecule has 1 aromatic carbocycles. The predicted molar refractivity (Wildman–Crippen MR) is 124 cm³/mol. The zero-order valence-electron chi connectivity index (χ0n) is 19.2. The minimum absolute atomic E-state index is 0.0210. The molecule has 0 aliphatic carbocycles. The maximum Gasteiger partial charge on any atom is 0.587 e. The van der Waals surface area contributed by atoms with Crippen LogP contribution < -0.4 is 5.32 Å². The first-order valence-corrected chi connectivity index (χ1v) is 12.0. The third-order valence-corrected chi connectivity index (χ3v) is 7.83. The molecule has 3 fully saturated rings. The molecule has 3 aliphatic rings. The predicted octanol–water partition coefficient (Wildman–Crippen LogP) is 2.37. The van der Waals surface area contributed by atoms with Gasteiger partial charge in [-0.3, -0.25) is 9.59 Å². The number of hydrogen-bond donors (Lipinski definition) is 1. The Morgan fingerprint density at radius 1 is 1.15 bits per heavy atom. The summed E-state index contributed by atoms with van der Waals surface area (Å²) in [5.74, 6) is -2.18. The van der Waals surface area contributed by atoms with Gasteiger partial charge in [0.15, 0.2) is 12.1 Å². The molecule has 0 spiro atoms. The number of carbonyl (C=O) groups excluding carboxylic acids is 4. The number of ether oxygens (including phenoxy) is 1. The van der Waals surface area contributed by atoms with E-state index in [0.29, 0.717) is 11.4 Å². The van der Waals surface area contributed by atoms with Crippen molar-refractivity contribution in [1.82, 2.24) is 5.32 Å². The second-order valence-electron chi connectivity index (χ2n) is 9.83. The van der Waals surface area contributed by atoms with E-state index in [1.54, 1.807) is 13.1 Å². The van der Waals surface area contributed by atoms with Crippen molar-refractivity contribution in [3.8, 4) is 0 Å². The van der Waals surface area contributed by atoms with Crippen LogP contribution in [0.5, 0.6) is 0 Å². The lowest BCUT2D eigenvalue weighted by atomic mass is 9.51. The van der Waals surface area contributed by atoms with Crippen LogP contribution in [0.2, 0.25) is 15.9 Å². The number of likely N-dealkylation sites (N-methyl/N-ethyl adjacent to an activating group) is 1. The average Bonchev–Trinajstić information content (AvgIpc) is 3.13. The zero-order chi connectivity index (χ0) is 24.8. The number of halogens is 2. The summed E-state index contributed by atoms with van der Waals surface area (Å²) in [5.41, 5.74) is 0.162. The molecule has 1 amide bonds. The van der Waals surface area contributed by atoms with Crippen LogP contribution >= 0.6 is 23.2 Å². The molecule has 9 nitrogen and oxygen atoms in total. The molecule has 1 N–H and O–H groups in total. The fourth-order valence-electron chi connectivity index (χ4n) is 5.63. The highest BCUT2D eigenvalue weighted by molar-refractivity contribution is 6.68. The second-order valence-corrected chi connectivity index (χ2v) is 10.7. The number of hydrogen-bond acceptors (Lipinski definition) is 7. The highest BCUT2D eigenvalue weighted by Crippen LogP contribution is 2.52. The maximum atomic E-state index is 13.0.